The lowest BCUT2D eigenvalue weighted by Gasteiger charge is -2.25. The Morgan fingerprint density at radius 1 is 1.07 bits per heavy atom. The Morgan fingerprint density at radius 3 is 2.52 bits per heavy atom. The van der Waals surface area contributed by atoms with Gasteiger partial charge in [-0.05, 0) is 58.1 Å². The third-order valence-electron chi connectivity index (χ3n) is 4.84. The first kappa shape index (κ1) is 20.3. The maximum Gasteiger partial charge on any atom is 0.250 e. The minimum absolute atomic E-state index is 0.178. The van der Waals surface area contributed by atoms with Gasteiger partial charge in [0, 0.05) is 12.2 Å². The van der Waals surface area contributed by atoms with E-state index in [1.54, 1.807) is 11.0 Å². The maximum absolute atomic E-state index is 13.4. The monoisotopic (exact) mass is 490 g/mol. The molecular weight excluding hydrogens is 472 g/mol. The predicted octanol–water partition coefficient (Wildman–Crippen LogP) is 3.99. The highest BCUT2D eigenvalue weighted by Crippen LogP contribution is 2.29. The number of nitrogens with one attached hydrogen (secondary N) is 1. The fourth-order valence-corrected chi connectivity index (χ4v) is 6.69. The summed E-state index contributed by atoms with van der Waals surface area (Å²) >= 11 is 4.41. The van der Waals surface area contributed by atoms with Gasteiger partial charge in [0.25, 0.3) is 10.0 Å². The van der Waals surface area contributed by atoms with Gasteiger partial charge in [0.2, 0.25) is 5.91 Å². The lowest BCUT2D eigenvalue weighted by molar-refractivity contribution is -0.120. The van der Waals surface area contributed by atoms with E-state index in [1.165, 1.54) is 6.07 Å². The number of rotatable bonds is 6. The predicted molar refractivity (Wildman–Crippen MR) is 119 cm³/mol. The Balaban J connectivity index is 1.64. The summed E-state index contributed by atoms with van der Waals surface area (Å²) in [6.07, 6.45) is 1.05. The van der Waals surface area contributed by atoms with Crippen LogP contribution in [0, 0.1) is 0 Å². The van der Waals surface area contributed by atoms with Crippen LogP contribution in [0.2, 0.25) is 0 Å². The zero-order valence-corrected chi connectivity index (χ0v) is 18.6. The van der Waals surface area contributed by atoms with Crippen LogP contribution in [0.4, 0.5) is 5.69 Å². The molecule has 1 amide bonds. The molecule has 8 heteroatoms. The van der Waals surface area contributed by atoms with Crippen molar-refractivity contribution >= 4 is 48.9 Å². The number of para-hydroxylation sites is 1. The Hall–Kier alpha value is -2.00. The van der Waals surface area contributed by atoms with Gasteiger partial charge in [0.05, 0.1) is 3.79 Å². The van der Waals surface area contributed by atoms with E-state index in [2.05, 4.69) is 20.7 Å². The van der Waals surface area contributed by atoms with Gasteiger partial charge < -0.3 is 4.90 Å². The van der Waals surface area contributed by atoms with Gasteiger partial charge in [-0.15, -0.1) is 11.3 Å². The van der Waals surface area contributed by atoms with Gasteiger partial charge in [0.15, 0.2) is 0 Å². The molecule has 0 bridgehead atoms. The largest absolute Gasteiger partial charge is 0.310 e. The molecule has 1 aliphatic rings. The molecule has 29 heavy (non-hydrogen) atoms. The van der Waals surface area contributed by atoms with Crippen molar-refractivity contribution in [1.82, 2.24) is 4.72 Å². The van der Waals surface area contributed by atoms with Crippen molar-refractivity contribution in [3.63, 3.8) is 0 Å². The summed E-state index contributed by atoms with van der Waals surface area (Å²) < 4.78 is 29.4. The molecule has 3 aromatic rings. The van der Waals surface area contributed by atoms with Crippen molar-refractivity contribution in [2.75, 3.05) is 11.4 Å². The van der Waals surface area contributed by atoms with Crippen LogP contribution >= 0.6 is 27.3 Å². The second-order valence-electron chi connectivity index (χ2n) is 6.79. The molecule has 0 saturated heterocycles. The van der Waals surface area contributed by atoms with E-state index >= 15 is 0 Å². The summed E-state index contributed by atoms with van der Waals surface area (Å²) in [4.78, 5) is 15.1. The van der Waals surface area contributed by atoms with Crippen molar-refractivity contribution in [1.29, 1.82) is 0 Å². The topological polar surface area (TPSA) is 66.5 Å². The number of carbonyl (C=O) groups excluding carboxylic acids is 1. The third kappa shape index (κ3) is 4.45. The quantitative estimate of drug-likeness (QED) is 0.567. The second kappa shape index (κ2) is 8.39. The zero-order chi connectivity index (χ0) is 20.4. The van der Waals surface area contributed by atoms with E-state index in [-0.39, 0.29) is 16.5 Å². The Bertz CT molecular complexity index is 1130. The van der Waals surface area contributed by atoms with Gasteiger partial charge in [-0.25, -0.2) is 8.42 Å². The number of fused-ring (bicyclic) bond motifs is 1. The van der Waals surface area contributed by atoms with E-state index in [4.69, 9.17) is 0 Å². The van der Waals surface area contributed by atoms with Crippen molar-refractivity contribution in [2.45, 2.75) is 23.1 Å². The normalized spacial score (nSPS) is 14.6. The molecule has 150 valence electrons. The van der Waals surface area contributed by atoms with E-state index < -0.39 is 16.1 Å². The van der Waals surface area contributed by atoms with Crippen molar-refractivity contribution < 1.29 is 13.2 Å². The molecule has 0 saturated carbocycles. The van der Waals surface area contributed by atoms with Crippen molar-refractivity contribution in [2.24, 2.45) is 0 Å². The summed E-state index contributed by atoms with van der Waals surface area (Å²) in [5.41, 5.74) is 2.85. The Morgan fingerprint density at radius 2 is 1.79 bits per heavy atom. The van der Waals surface area contributed by atoms with Gasteiger partial charge >= 0.3 is 0 Å². The number of halogens is 1. The summed E-state index contributed by atoms with van der Waals surface area (Å²) in [5.74, 6) is -0.238. The van der Waals surface area contributed by atoms with Crippen LogP contribution in [0.15, 0.2) is 74.7 Å². The number of hydrogen-bond donors (Lipinski definition) is 1. The number of anilines is 1. The second-order valence-corrected chi connectivity index (χ2v) is 11.2. The SMILES string of the molecule is O=C(C(Cc1ccccc1)NS(=O)(=O)c1ccc(Br)s1)N1CCc2ccccc21. The highest BCUT2D eigenvalue weighted by Gasteiger charge is 2.33. The molecule has 5 nitrogen and oxygen atoms in total. The van der Waals surface area contributed by atoms with Gasteiger partial charge in [-0.1, -0.05) is 48.5 Å². The average Bonchev–Trinajstić information content (AvgIpc) is 3.34. The molecule has 0 aliphatic carbocycles. The first-order valence-corrected chi connectivity index (χ1v) is 12.2. The molecule has 1 unspecified atom stereocenters. The lowest BCUT2D eigenvalue weighted by atomic mass is 10.1. The maximum atomic E-state index is 13.4. The van der Waals surface area contributed by atoms with Crippen LogP contribution in [0.3, 0.4) is 0 Å². The van der Waals surface area contributed by atoms with E-state index in [0.29, 0.717) is 6.54 Å². The van der Waals surface area contributed by atoms with Crippen LogP contribution in [-0.4, -0.2) is 26.9 Å². The molecule has 1 N–H and O–H groups in total. The van der Waals surface area contributed by atoms with E-state index in [9.17, 15) is 13.2 Å². The highest BCUT2D eigenvalue weighted by atomic mass is 79.9. The number of nitrogens with zero attached hydrogens (tertiary/aromatic N) is 1. The smallest absolute Gasteiger partial charge is 0.250 e. The third-order valence-corrected chi connectivity index (χ3v) is 8.43. The molecule has 1 atom stereocenters. The number of hydrogen-bond acceptors (Lipinski definition) is 4. The van der Waals surface area contributed by atoms with Gasteiger partial charge in [-0.2, -0.15) is 4.72 Å². The molecular formula is C21H19BrN2O3S2. The molecule has 1 aliphatic heterocycles. The van der Waals surface area contributed by atoms with Crippen LogP contribution in [0.5, 0.6) is 0 Å². The van der Waals surface area contributed by atoms with Crippen molar-refractivity contribution in [3.8, 4) is 0 Å². The minimum atomic E-state index is -3.82. The number of amides is 1. The number of carbonyl (C=O) groups is 1. The standard InChI is InChI=1S/C21H19BrN2O3S2/c22-19-10-11-20(28-19)29(26,27)23-17(14-15-6-2-1-3-7-15)21(25)24-13-12-16-8-4-5-9-18(16)24/h1-11,17,23H,12-14H2. The fraction of sp³-hybridized carbons (Fsp3) is 0.190. The molecule has 2 aromatic carbocycles. The summed E-state index contributed by atoms with van der Waals surface area (Å²) in [7, 11) is -3.82. The zero-order valence-electron chi connectivity index (χ0n) is 15.4. The lowest BCUT2D eigenvalue weighted by Crippen LogP contribution is -2.49. The van der Waals surface area contributed by atoms with Crippen LogP contribution in [0.1, 0.15) is 11.1 Å². The van der Waals surface area contributed by atoms with Crippen LogP contribution in [-0.2, 0) is 27.7 Å². The summed E-state index contributed by atoms with van der Waals surface area (Å²) in [5, 5.41) is 0. The van der Waals surface area contributed by atoms with E-state index in [0.717, 1.165) is 38.4 Å². The molecule has 0 spiro atoms. The number of thiophene rings is 1. The van der Waals surface area contributed by atoms with Crippen LogP contribution < -0.4 is 9.62 Å². The fourth-order valence-electron chi connectivity index (χ4n) is 3.47. The minimum Gasteiger partial charge on any atom is -0.310 e. The average molecular weight is 491 g/mol. The van der Waals surface area contributed by atoms with Crippen molar-refractivity contribution in [3.05, 3.63) is 81.6 Å². The molecule has 1 aromatic heterocycles. The summed E-state index contributed by atoms with van der Waals surface area (Å²) in [6, 6.07) is 19.5. The molecule has 2 heterocycles. The summed E-state index contributed by atoms with van der Waals surface area (Å²) in [6.45, 7) is 0.551. The molecule has 4 rings (SSSR count). The van der Waals surface area contributed by atoms with Gasteiger partial charge in [0.1, 0.15) is 10.3 Å². The van der Waals surface area contributed by atoms with Crippen LogP contribution in [0.25, 0.3) is 0 Å². The number of sulfonamides is 1. The molecule has 0 radical (unpaired) electrons. The van der Waals surface area contributed by atoms with E-state index in [1.807, 2.05) is 54.6 Å². The Kier molecular flexibility index (Phi) is 5.87. The number of benzene rings is 2. The highest BCUT2D eigenvalue weighted by molar-refractivity contribution is 9.11. The first-order valence-electron chi connectivity index (χ1n) is 9.15. The van der Waals surface area contributed by atoms with Gasteiger partial charge in [-0.3, -0.25) is 4.79 Å². The molecule has 0 fully saturated rings. The first-order chi connectivity index (χ1) is 13.9. The Labute approximate surface area is 182 Å².